The quantitative estimate of drug-likeness (QED) is 0.906. The number of benzene rings is 1. The summed E-state index contributed by atoms with van der Waals surface area (Å²) in [5.41, 5.74) is 0.905. The predicted octanol–water partition coefficient (Wildman–Crippen LogP) is 1.59. The number of nitrogens with one attached hydrogen (secondary N) is 1. The van der Waals surface area contributed by atoms with Crippen LogP contribution in [0.3, 0.4) is 0 Å². The SMILES string of the molecule is Cc1cc(NC(=O)c2cccc3c2OCC(=O)N3C)no1. The average molecular weight is 287 g/mol. The first kappa shape index (κ1) is 13.2. The second-order valence-electron chi connectivity index (χ2n) is 4.67. The van der Waals surface area contributed by atoms with Gasteiger partial charge in [-0.25, -0.2) is 0 Å². The minimum Gasteiger partial charge on any atom is -0.481 e. The number of aryl methyl sites for hydroxylation is 1. The fourth-order valence-corrected chi connectivity index (χ4v) is 2.09. The maximum atomic E-state index is 12.3. The van der Waals surface area contributed by atoms with Crippen LogP contribution < -0.4 is 15.0 Å². The number of carbonyl (C=O) groups excluding carboxylic acids is 2. The number of carbonyl (C=O) groups is 2. The van der Waals surface area contributed by atoms with Gasteiger partial charge in [-0.1, -0.05) is 11.2 Å². The van der Waals surface area contributed by atoms with Crippen LogP contribution in [-0.4, -0.2) is 30.6 Å². The number of likely N-dealkylation sites (N-methyl/N-ethyl adjacent to an activating group) is 1. The van der Waals surface area contributed by atoms with E-state index in [1.165, 1.54) is 4.90 Å². The number of hydrogen-bond acceptors (Lipinski definition) is 5. The van der Waals surface area contributed by atoms with Gasteiger partial charge in [-0.3, -0.25) is 9.59 Å². The van der Waals surface area contributed by atoms with Crippen LogP contribution >= 0.6 is 0 Å². The van der Waals surface area contributed by atoms with Crippen molar-refractivity contribution < 1.29 is 18.8 Å². The third kappa shape index (κ3) is 2.33. The number of nitrogens with zero attached hydrogens (tertiary/aromatic N) is 2. The first-order valence-corrected chi connectivity index (χ1v) is 6.33. The van der Waals surface area contributed by atoms with Gasteiger partial charge in [0.25, 0.3) is 11.8 Å². The molecule has 2 heterocycles. The van der Waals surface area contributed by atoms with Crippen molar-refractivity contribution in [1.29, 1.82) is 0 Å². The molecule has 2 amide bonds. The molecule has 0 unspecified atom stereocenters. The van der Waals surface area contributed by atoms with E-state index in [1.807, 2.05) is 0 Å². The van der Waals surface area contributed by atoms with Gasteiger partial charge in [0, 0.05) is 13.1 Å². The molecule has 0 radical (unpaired) electrons. The molecule has 1 N–H and O–H groups in total. The van der Waals surface area contributed by atoms with Crippen molar-refractivity contribution in [3.05, 3.63) is 35.6 Å². The van der Waals surface area contributed by atoms with Crippen molar-refractivity contribution in [1.82, 2.24) is 5.16 Å². The Kier molecular flexibility index (Phi) is 3.09. The zero-order valence-corrected chi connectivity index (χ0v) is 11.5. The molecule has 0 aliphatic carbocycles. The number of aromatic nitrogens is 1. The van der Waals surface area contributed by atoms with Gasteiger partial charge in [0.15, 0.2) is 18.2 Å². The molecule has 0 atom stereocenters. The van der Waals surface area contributed by atoms with Crippen molar-refractivity contribution in [2.24, 2.45) is 0 Å². The molecule has 0 fully saturated rings. The molecule has 0 spiro atoms. The molecule has 7 nitrogen and oxygen atoms in total. The van der Waals surface area contributed by atoms with Gasteiger partial charge >= 0.3 is 0 Å². The van der Waals surface area contributed by atoms with E-state index < -0.39 is 0 Å². The van der Waals surface area contributed by atoms with Gasteiger partial charge < -0.3 is 19.5 Å². The summed E-state index contributed by atoms with van der Waals surface area (Å²) in [4.78, 5) is 25.4. The molecular weight excluding hydrogens is 274 g/mol. The van der Waals surface area contributed by atoms with Gasteiger partial charge in [-0.2, -0.15) is 0 Å². The lowest BCUT2D eigenvalue weighted by atomic mass is 10.1. The van der Waals surface area contributed by atoms with Crippen molar-refractivity contribution in [3.63, 3.8) is 0 Å². The number of ether oxygens (including phenoxy) is 1. The predicted molar refractivity (Wildman–Crippen MR) is 74.5 cm³/mol. The highest BCUT2D eigenvalue weighted by atomic mass is 16.5. The molecule has 1 aliphatic heterocycles. The summed E-state index contributed by atoms with van der Waals surface area (Å²) in [6.07, 6.45) is 0. The van der Waals surface area contributed by atoms with Crippen LogP contribution in [0, 0.1) is 6.92 Å². The fourth-order valence-electron chi connectivity index (χ4n) is 2.09. The van der Waals surface area contributed by atoms with Gasteiger partial charge in [0.2, 0.25) is 0 Å². The maximum Gasteiger partial charge on any atom is 0.264 e. The minimum absolute atomic E-state index is 0.0864. The summed E-state index contributed by atoms with van der Waals surface area (Å²) < 4.78 is 10.3. The van der Waals surface area contributed by atoms with Gasteiger partial charge in [0.05, 0.1) is 11.3 Å². The normalized spacial score (nSPS) is 13.6. The van der Waals surface area contributed by atoms with E-state index in [0.29, 0.717) is 28.6 Å². The Bertz CT molecular complexity index is 723. The number of para-hydroxylation sites is 1. The summed E-state index contributed by atoms with van der Waals surface area (Å²) >= 11 is 0. The van der Waals surface area contributed by atoms with E-state index in [2.05, 4.69) is 10.5 Å². The number of anilines is 2. The van der Waals surface area contributed by atoms with Gasteiger partial charge in [-0.05, 0) is 19.1 Å². The Hall–Kier alpha value is -2.83. The molecule has 0 saturated heterocycles. The summed E-state index contributed by atoms with van der Waals surface area (Å²) in [5.74, 6) is 0.782. The van der Waals surface area contributed by atoms with E-state index in [-0.39, 0.29) is 18.4 Å². The number of fused-ring (bicyclic) bond motifs is 1. The largest absolute Gasteiger partial charge is 0.481 e. The molecular formula is C14H13N3O4. The third-order valence-electron chi connectivity index (χ3n) is 3.18. The third-order valence-corrected chi connectivity index (χ3v) is 3.18. The number of rotatable bonds is 2. The smallest absolute Gasteiger partial charge is 0.264 e. The highest BCUT2D eigenvalue weighted by Crippen LogP contribution is 2.34. The molecule has 7 heteroatoms. The van der Waals surface area contributed by atoms with Crippen molar-refractivity contribution >= 4 is 23.3 Å². The number of hydrogen-bond donors (Lipinski definition) is 1. The molecule has 0 bridgehead atoms. The van der Waals surface area contributed by atoms with E-state index in [9.17, 15) is 9.59 Å². The van der Waals surface area contributed by atoms with Crippen LogP contribution in [0.1, 0.15) is 16.1 Å². The monoisotopic (exact) mass is 287 g/mol. The topological polar surface area (TPSA) is 84.7 Å². The summed E-state index contributed by atoms with van der Waals surface area (Å²) in [6.45, 7) is 1.65. The summed E-state index contributed by atoms with van der Waals surface area (Å²) in [6, 6.07) is 6.66. The van der Waals surface area contributed by atoms with Gasteiger partial charge in [-0.15, -0.1) is 0 Å². The standard InChI is InChI=1S/C14H13N3O4/c1-8-6-11(16-21-8)15-14(19)9-4-3-5-10-13(9)20-7-12(18)17(10)2/h3-6H,7H2,1-2H3,(H,15,16,19). The minimum atomic E-state index is -0.372. The van der Waals surface area contributed by atoms with E-state index in [4.69, 9.17) is 9.26 Å². The molecule has 2 aromatic rings. The Morgan fingerprint density at radius 3 is 2.95 bits per heavy atom. The van der Waals surface area contributed by atoms with Crippen molar-refractivity contribution in [2.75, 3.05) is 23.9 Å². The average Bonchev–Trinajstić information content (AvgIpc) is 2.87. The van der Waals surface area contributed by atoms with Crippen LogP contribution in [0.5, 0.6) is 5.75 Å². The molecule has 1 aromatic heterocycles. The molecule has 3 rings (SSSR count). The van der Waals surface area contributed by atoms with Crippen LogP contribution in [0.15, 0.2) is 28.8 Å². The Balaban J connectivity index is 1.92. The van der Waals surface area contributed by atoms with E-state index >= 15 is 0 Å². The molecule has 108 valence electrons. The summed E-state index contributed by atoms with van der Waals surface area (Å²) in [7, 11) is 1.65. The second kappa shape index (κ2) is 4.93. The van der Waals surface area contributed by atoms with E-state index in [0.717, 1.165) is 0 Å². The van der Waals surface area contributed by atoms with Crippen molar-refractivity contribution in [3.8, 4) is 5.75 Å². The van der Waals surface area contributed by atoms with E-state index in [1.54, 1.807) is 38.2 Å². The lowest BCUT2D eigenvalue weighted by Crippen LogP contribution is -2.36. The summed E-state index contributed by atoms with van der Waals surface area (Å²) in [5, 5.41) is 6.34. The lowest BCUT2D eigenvalue weighted by Gasteiger charge is -2.27. The molecule has 21 heavy (non-hydrogen) atoms. The highest BCUT2D eigenvalue weighted by molar-refractivity contribution is 6.09. The van der Waals surface area contributed by atoms with Crippen LogP contribution in [0.2, 0.25) is 0 Å². The Morgan fingerprint density at radius 2 is 2.24 bits per heavy atom. The number of amides is 2. The molecule has 1 aliphatic rings. The molecule has 0 saturated carbocycles. The van der Waals surface area contributed by atoms with Crippen LogP contribution in [-0.2, 0) is 4.79 Å². The first-order valence-electron chi connectivity index (χ1n) is 6.33. The van der Waals surface area contributed by atoms with Gasteiger partial charge in [0.1, 0.15) is 5.76 Å². The highest BCUT2D eigenvalue weighted by Gasteiger charge is 2.26. The lowest BCUT2D eigenvalue weighted by molar-refractivity contribution is -0.121. The Morgan fingerprint density at radius 1 is 1.43 bits per heavy atom. The first-order chi connectivity index (χ1) is 10.1. The van der Waals surface area contributed by atoms with Crippen molar-refractivity contribution in [2.45, 2.75) is 6.92 Å². The zero-order valence-electron chi connectivity index (χ0n) is 11.5. The molecule has 1 aromatic carbocycles. The van der Waals surface area contributed by atoms with Crippen LogP contribution in [0.25, 0.3) is 0 Å². The fraction of sp³-hybridized carbons (Fsp3) is 0.214. The second-order valence-corrected chi connectivity index (χ2v) is 4.67. The zero-order chi connectivity index (χ0) is 15.0. The van der Waals surface area contributed by atoms with Crippen LogP contribution in [0.4, 0.5) is 11.5 Å². The maximum absolute atomic E-state index is 12.3. The Labute approximate surface area is 120 Å².